The summed E-state index contributed by atoms with van der Waals surface area (Å²) in [6, 6.07) is 27.9. The molecule has 2 heterocycles. The van der Waals surface area contributed by atoms with Crippen molar-refractivity contribution in [2.75, 3.05) is 23.3 Å². The maximum atomic E-state index is 13.5. The Balaban J connectivity index is 1.25. The summed E-state index contributed by atoms with van der Waals surface area (Å²) >= 11 is 0. The van der Waals surface area contributed by atoms with E-state index in [1.54, 1.807) is 15.6 Å². The highest BCUT2D eigenvalue weighted by Gasteiger charge is 2.33. The van der Waals surface area contributed by atoms with Crippen LogP contribution in [-0.4, -0.2) is 33.3 Å². The van der Waals surface area contributed by atoms with E-state index in [2.05, 4.69) is 46.5 Å². The molecule has 39 heavy (non-hydrogen) atoms. The highest BCUT2D eigenvalue weighted by Crippen LogP contribution is 2.35. The van der Waals surface area contributed by atoms with Gasteiger partial charge in [-0.05, 0) is 67.1 Å². The van der Waals surface area contributed by atoms with Gasteiger partial charge in [-0.15, -0.1) is 0 Å². The molecule has 3 aromatic carbocycles. The molecule has 1 N–H and O–H groups in total. The lowest BCUT2D eigenvalue weighted by molar-refractivity contribution is -0.118. The molecule has 4 aromatic rings. The number of nitrogens with zero attached hydrogens (tertiary/aromatic N) is 4. The van der Waals surface area contributed by atoms with Gasteiger partial charge in [0, 0.05) is 31.0 Å². The lowest BCUT2D eigenvalue weighted by atomic mass is 9.79. The number of aryl methyl sites for hydroxylation is 1. The number of hydrogen-bond donors (Lipinski definition) is 1. The van der Waals surface area contributed by atoms with E-state index in [1.807, 2.05) is 60.7 Å². The van der Waals surface area contributed by atoms with Crippen LogP contribution in [0.2, 0.25) is 0 Å². The van der Waals surface area contributed by atoms with Crippen molar-refractivity contribution in [2.24, 2.45) is 5.92 Å². The minimum absolute atomic E-state index is 0.0517. The van der Waals surface area contributed by atoms with E-state index in [0.717, 1.165) is 67.8 Å². The topological polar surface area (TPSA) is 72.2 Å². The van der Waals surface area contributed by atoms with Gasteiger partial charge >= 0.3 is 5.69 Å². The Hall–Kier alpha value is -4.13. The second-order valence-corrected chi connectivity index (χ2v) is 10.3. The summed E-state index contributed by atoms with van der Waals surface area (Å²) in [5.41, 5.74) is 3.74. The highest BCUT2D eigenvalue weighted by molar-refractivity contribution is 5.96. The Kier molecular flexibility index (Phi) is 8.56. The fourth-order valence-electron chi connectivity index (χ4n) is 5.53. The second-order valence-electron chi connectivity index (χ2n) is 10.3. The van der Waals surface area contributed by atoms with E-state index in [-0.39, 0.29) is 23.4 Å². The number of aromatic nitrogens is 3. The van der Waals surface area contributed by atoms with Gasteiger partial charge in [-0.2, -0.15) is 5.10 Å². The smallest absolute Gasteiger partial charge is 0.350 e. The minimum Gasteiger partial charge on any atom is -0.372 e. The molecule has 1 amide bonds. The van der Waals surface area contributed by atoms with Gasteiger partial charge < -0.3 is 10.2 Å². The molecule has 0 radical (unpaired) electrons. The summed E-state index contributed by atoms with van der Waals surface area (Å²) in [6.07, 6.45) is 6.62. The normalized spacial score (nSPS) is 14.7. The maximum Gasteiger partial charge on any atom is 0.350 e. The van der Waals surface area contributed by atoms with Crippen molar-refractivity contribution < 1.29 is 4.79 Å². The Morgan fingerprint density at radius 1 is 0.897 bits per heavy atom. The quantitative estimate of drug-likeness (QED) is 0.264. The lowest BCUT2D eigenvalue weighted by Gasteiger charge is -2.37. The summed E-state index contributed by atoms with van der Waals surface area (Å²) in [5, 5.41) is 7.43. The van der Waals surface area contributed by atoms with Crippen LogP contribution in [-0.2, 0) is 11.3 Å². The molecule has 0 spiro atoms. The van der Waals surface area contributed by atoms with Crippen LogP contribution in [0, 0.1) is 5.92 Å². The van der Waals surface area contributed by atoms with Crippen molar-refractivity contribution >= 4 is 17.3 Å². The number of nitrogens with one attached hydrogen (secondary N) is 1. The van der Waals surface area contributed by atoms with Gasteiger partial charge in [-0.25, -0.2) is 14.0 Å². The predicted octanol–water partition coefficient (Wildman–Crippen LogP) is 5.86. The molecule has 1 atom stereocenters. The van der Waals surface area contributed by atoms with Gasteiger partial charge in [-0.3, -0.25) is 4.79 Å². The SMILES string of the molecule is CCCCCn1ncn(-c2ccc(N3CCC(C(C(=O)Nc4ccccc4)c4ccccc4)CC3)cc2)c1=O. The number of anilines is 2. The first-order chi connectivity index (χ1) is 19.1. The Morgan fingerprint density at radius 3 is 2.21 bits per heavy atom. The Labute approximate surface area is 230 Å². The molecule has 7 nitrogen and oxygen atoms in total. The van der Waals surface area contributed by atoms with E-state index in [0.29, 0.717) is 6.54 Å². The standard InChI is InChI=1S/C32H37N5O2/c1-2-3-10-21-37-32(39)36(24-33-37)29-17-15-28(16-18-29)35-22-19-26(20-23-35)30(25-11-6-4-7-12-25)31(38)34-27-13-8-5-9-14-27/h4-9,11-18,24,26,30H,2-3,10,19-23H2,1H3,(H,34,38). The van der Waals surface area contributed by atoms with E-state index in [4.69, 9.17) is 0 Å². The van der Waals surface area contributed by atoms with Gasteiger partial charge in [0.15, 0.2) is 0 Å². The molecule has 1 aliphatic heterocycles. The van der Waals surface area contributed by atoms with Crippen LogP contribution < -0.4 is 15.9 Å². The van der Waals surface area contributed by atoms with Crippen LogP contribution in [0.5, 0.6) is 0 Å². The average Bonchev–Trinajstić information content (AvgIpc) is 3.35. The number of rotatable bonds is 10. The molecule has 1 saturated heterocycles. The molecular formula is C32H37N5O2. The van der Waals surface area contributed by atoms with Crippen molar-refractivity contribution in [3.63, 3.8) is 0 Å². The van der Waals surface area contributed by atoms with Crippen LogP contribution >= 0.6 is 0 Å². The Morgan fingerprint density at radius 2 is 1.54 bits per heavy atom. The molecule has 1 aliphatic rings. The number of para-hydroxylation sites is 1. The third-order valence-corrected chi connectivity index (χ3v) is 7.69. The average molecular weight is 524 g/mol. The summed E-state index contributed by atoms with van der Waals surface area (Å²) in [5.74, 6) is 0.108. The van der Waals surface area contributed by atoms with Crippen molar-refractivity contribution in [3.8, 4) is 5.69 Å². The molecule has 0 aliphatic carbocycles. The molecule has 0 saturated carbocycles. The van der Waals surface area contributed by atoms with Gasteiger partial charge in [0.25, 0.3) is 0 Å². The number of carbonyl (C=O) groups is 1. The second kappa shape index (κ2) is 12.6. The minimum atomic E-state index is -0.198. The van der Waals surface area contributed by atoms with Crippen LogP contribution in [0.25, 0.3) is 5.69 Å². The summed E-state index contributed by atoms with van der Waals surface area (Å²) in [6.45, 7) is 4.55. The first kappa shape index (κ1) is 26.5. The van der Waals surface area contributed by atoms with Crippen LogP contribution in [0.15, 0.2) is 96.1 Å². The van der Waals surface area contributed by atoms with Gasteiger partial charge in [0.1, 0.15) is 6.33 Å². The molecule has 0 bridgehead atoms. The van der Waals surface area contributed by atoms with Crippen LogP contribution in [0.4, 0.5) is 11.4 Å². The van der Waals surface area contributed by atoms with Gasteiger partial charge in [-0.1, -0.05) is 68.3 Å². The van der Waals surface area contributed by atoms with Crippen molar-refractivity contribution in [2.45, 2.75) is 51.5 Å². The first-order valence-electron chi connectivity index (χ1n) is 14.0. The highest BCUT2D eigenvalue weighted by atomic mass is 16.2. The zero-order valence-electron chi connectivity index (χ0n) is 22.6. The summed E-state index contributed by atoms with van der Waals surface area (Å²) in [7, 11) is 0. The third kappa shape index (κ3) is 6.30. The Bertz CT molecular complexity index is 1390. The van der Waals surface area contributed by atoms with Crippen molar-refractivity contribution in [1.82, 2.24) is 14.3 Å². The number of benzene rings is 3. The van der Waals surface area contributed by atoms with Crippen LogP contribution in [0.1, 0.15) is 50.5 Å². The maximum absolute atomic E-state index is 13.5. The fourth-order valence-corrected chi connectivity index (χ4v) is 5.53. The fraction of sp³-hybridized carbons (Fsp3) is 0.344. The number of unbranched alkanes of at least 4 members (excludes halogenated alkanes) is 2. The third-order valence-electron chi connectivity index (χ3n) is 7.69. The zero-order chi connectivity index (χ0) is 27.0. The van der Waals surface area contributed by atoms with E-state index in [1.165, 1.54) is 0 Å². The number of carbonyl (C=O) groups excluding carboxylic acids is 1. The zero-order valence-corrected chi connectivity index (χ0v) is 22.6. The lowest BCUT2D eigenvalue weighted by Crippen LogP contribution is -2.38. The summed E-state index contributed by atoms with van der Waals surface area (Å²) < 4.78 is 3.16. The molecular weight excluding hydrogens is 486 g/mol. The number of hydrogen-bond acceptors (Lipinski definition) is 4. The molecule has 1 unspecified atom stereocenters. The molecule has 5 rings (SSSR count). The van der Waals surface area contributed by atoms with E-state index >= 15 is 0 Å². The van der Waals surface area contributed by atoms with Crippen molar-refractivity contribution in [3.05, 3.63) is 107 Å². The van der Waals surface area contributed by atoms with Crippen LogP contribution in [0.3, 0.4) is 0 Å². The predicted molar refractivity (Wildman–Crippen MR) is 157 cm³/mol. The van der Waals surface area contributed by atoms with Gasteiger partial charge in [0.2, 0.25) is 5.91 Å². The largest absolute Gasteiger partial charge is 0.372 e. The van der Waals surface area contributed by atoms with E-state index in [9.17, 15) is 9.59 Å². The van der Waals surface area contributed by atoms with Gasteiger partial charge in [0.05, 0.1) is 11.6 Å². The summed E-state index contributed by atoms with van der Waals surface area (Å²) in [4.78, 5) is 28.6. The molecule has 1 aromatic heterocycles. The molecule has 202 valence electrons. The molecule has 1 fully saturated rings. The first-order valence-corrected chi connectivity index (χ1v) is 14.0. The van der Waals surface area contributed by atoms with Crippen molar-refractivity contribution in [1.29, 1.82) is 0 Å². The monoisotopic (exact) mass is 523 g/mol. The number of piperidine rings is 1. The van der Waals surface area contributed by atoms with E-state index < -0.39 is 0 Å². The molecule has 7 heteroatoms. The number of amides is 1.